The van der Waals surface area contributed by atoms with E-state index in [1.54, 1.807) is 36.4 Å². The van der Waals surface area contributed by atoms with E-state index >= 15 is 0 Å². The number of alkyl halides is 4. The van der Waals surface area contributed by atoms with Crippen molar-refractivity contribution in [2.45, 2.75) is 29.8 Å². The highest BCUT2D eigenvalue weighted by Gasteiger charge is 2.84. The summed E-state index contributed by atoms with van der Waals surface area (Å²) >= 11 is 0. The molecular formula is C27H18F4O5. The third-order valence-electron chi connectivity index (χ3n) is 6.21. The SMILES string of the molecule is C#CC(OC(=O)C1(c2ccc3c(c2)OCO3)CC(F)(F)C1(F)F)c1cccc(Oc2ccccc2)c1. The summed E-state index contributed by atoms with van der Waals surface area (Å²) in [5.41, 5.74) is -3.11. The van der Waals surface area contributed by atoms with Gasteiger partial charge in [-0.1, -0.05) is 42.3 Å². The molecule has 1 aliphatic heterocycles. The van der Waals surface area contributed by atoms with Crippen molar-refractivity contribution in [1.82, 2.24) is 0 Å². The summed E-state index contributed by atoms with van der Waals surface area (Å²) in [6.45, 7) is -0.163. The summed E-state index contributed by atoms with van der Waals surface area (Å²) < 4.78 is 79.5. The van der Waals surface area contributed by atoms with E-state index in [1.165, 1.54) is 18.2 Å². The van der Waals surface area contributed by atoms with Gasteiger partial charge in [-0.15, -0.1) is 6.42 Å². The third-order valence-corrected chi connectivity index (χ3v) is 6.21. The summed E-state index contributed by atoms with van der Waals surface area (Å²) in [6, 6.07) is 18.5. The first-order valence-corrected chi connectivity index (χ1v) is 10.8. The van der Waals surface area contributed by atoms with Gasteiger partial charge >= 0.3 is 17.8 Å². The third kappa shape index (κ3) is 3.61. The summed E-state index contributed by atoms with van der Waals surface area (Å²) in [5, 5.41) is 0. The number of esters is 1. The lowest BCUT2D eigenvalue weighted by molar-refractivity contribution is -0.324. The Kier molecular flexibility index (Phi) is 5.55. The second-order valence-corrected chi connectivity index (χ2v) is 8.37. The normalized spacial score (nSPS) is 21.5. The highest BCUT2D eigenvalue weighted by molar-refractivity contribution is 5.88. The van der Waals surface area contributed by atoms with Gasteiger partial charge in [0.05, 0.1) is 0 Å². The summed E-state index contributed by atoms with van der Waals surface area (Å²) in [7, 11) is 0. The number of hydrogen-bond donors (Lipinski definition) is 0. The van der Waals surface area contributed by atoms with E-state index in [0.29, 0.717) is 11.5 Å². The number of ether oxygens (including phenoxy) is 4. The molecule has 0 saturated heterocycles. The molecule has 1 fully saturated rings. The van der Waals surface area contributed by atoms with Crippen LogP contribution in [-0.4, -0.2) is 24.6 Å². The Morgan fingerprint density at radius 2 is 1.64 bits per heavy atom. The minimum Gasteiger partial charge on any atom is -0.457 e. The molecule has 2 aliphatic rings. The van der Waals surface area contributed by atoms with Crippen LogP contribution in [0.2, 0.25) is 0 Å². The first-order valence-electron chi connectivity index (χ1n) is 10.8. The van der Waals surface area contributed by atoms with Crippen LogP contribution >= 0.6 is 0 Å². The highest BCUT2D eigenvalue weighted by atomic mass is 19.3. The first-order chi connectivity index (χ1) is 17.2. The van der Waals surface area contributed by atoms with Crippen LogP contribution < -0.4 is 14.2 Å². The van der Waals surface area contributed by atoms with Crippen LogP contribution in [0.25, 0.3) is 0 Å². The Labute approximate surface area is 203 Å². The maximum absolute atomic E-state index is 15.0. The Balaban J connectivity index is 1.45. The quantitative estimate of drug-likeness (QED) is 0.236. The number of terminal acetylenes is 1. The van der Waals surface area contributed by atoms with Gasteiger partial charge < -0.3 is 18.9 Å². The zero-order chi connectivity index (χ0) is 25.6. The van der Waals surface area contributed by atoms with Crippen LogP contribution in [0, 0.1) is 12.3 Å². The number of halogens is 4. The topological polar surface area (TPSA) is 54.0 Å². The van der Waals surface area contributed by atoms with Crippen LogP contribution in [0.4, 0.5) is 17.6 Å². The Morgan fingerprint density at radius 1 is 0.917 bits per heavy atom. The smallest absolute Gasteiger partial charge is 0.330 e. The number of hydrogen-bond acceptors (Lipinski definition) is 5. The molecule has 0 aromatic heterocycles. The lowest BCUT2D eigenvalue weighted by Crippen LogP contribution is -2.72. The summed E-state index contributed by atoms with van der Waals surface area (Å²) in [6.07, 6.45) is 2.66. The van der Waals surface area contributed by atoms with E-state index in [-0.39, 0.29) is 29.4 Å². The summed E-state index contributed by atoms with van der Waals surface area (Å²) in [5.74, 6) is -7.32. The maximum atomic E-state index is 15.0. The lowest BCUT2D eigenvalue weighted by Gasteiger charge is -2.52. The first kappa shape index (κ1) is 23.5. The van der Waals surface area contributed by atoms with Crippen LogP contribution in [0.5, 0.6) is 23.0 Å². The molecule has 1 heterocycles. The lowest BCUT2D eigenvalue weighted by atomic mass is 9.58. The second-order valence-electron chi connectivity index (χ2n) is 8.37. The molecule has 0 spiro atoms. The van der Waals surface area contributed by atoms with Crippen molar-refractivity contribution < 1.29 is 41.3 Å². The fraction of sp³-hybridized carbons (Fsp3) is 0.222. The van der Waals surface area contributed by atoms with Gasteiger partial charge in [0, 0.05) is 12.0 Å². The monoisotopic (exact) mass is 498 g/mol. The zero-order valence-corrected chi connectivity index (χ0v) is 18.6. The molecule has 0 amide bonds. The van der Waals surface area contributed by atoms with E-state index in [1.807, 2.05) is 6.07 Å². The molecule has 3 aromatic rings. The standard InChI is InChI=1S/C27H18F4O5/c1-2-21(17-7-6-10-20(13-17)35-19-8-4-3-5-9-19)36-24(32)25(15-26(28,29)27(25,30)31)18-11-12-22-23(14-18)34-16-33-22/h1,3-14,21H,15-16H2. The predicted octanol–water partition coefficient (Wildman–Crippen LogP) is 6.04. The minimum atomic E-state index is -4.73. The van der Waals surface area contributed by atoms with E-state index in [4.69, 9.17) is 25.4 Å². The van der Waals surface area contributed by atoms with Crippen molar-refractivity contribution in [3.8, 4) is 35.3 Å². The van der Waals surface area contributed by atoms with Crippen LogP contribution in [0.1, 0.15) is 23.7 Å². The number of para-hydroxylation sites is 1. The Bertz CT molecular complexity index is 1350. The maximum Gasteiger partial charge on any atom is 0.330 e. The molecule has 0 bridgehead atoms. The second kappa shape index (κ2) is 8.48. The number of carbonyl (C=O) groups is 1. The highest BCUT2D eigenvalue weighted by Crippen LogP contribution is 2.65. The molecule has 2 atom stereocenters. The van der Waals surface area contributed by atoms with Crippen molar-refractivity contribution in [2.75, 3.05) is 6.79 Å². The Hall–Kier alpha value is -4.19. The molecule has 9 heteroatoms. The van der Waals surface area contributed by atoms with Gasteiger partial charge in [0.15, 0.2) is 23.0 Å². The van der Waals surface area contributed by atoms with Crippen LogP contribution in [0.3, 0.4) is 0 Å². The molecule has 184 valence electrons. The molecule has 1 saturated carbocycles. The van der Waals surface area contributed by atoms with Crippen molar-refractivity contribution in [3.05, 3.63) is 83.9 Å². The van der Waals surface area contributed by atoms with Gasteiger partial charge in [0.25, 0.3) is 0 Å². The molecule has 0 N–H and O–H groups in total. The molecule has 5 rings (SSSR count). The molecule has 2 unspecified atom stereocenters. The molecular weight excluding hydrogens is 480 g/mol. The fourth-order valence-corrected chi connectivity index (χ4v) is 4.30. The molecule has 36 heavy (non-hydrogen) atoms. The van der Waals surface area contributed by atoms with Crippen molar-refractivity contribution in [3.63, 3.8) is 0 Å². The molecule has 1 aliphatic carbocycles. The molecule has 5 nitrogen and oxygen atoms in total. The number of benzene rings is 3. The van der Waals surface area contributed by atoms with Gasteiger partial charge in [0.1, 0.15) is 11.5 Å². The van der Waals surface area contributed by atoms with Crippen molar-refractivity contribution in [2.24, 2.45) is 0 Å². The molecule has 0 radical (unpaired) electrons. The number of fused-ring (bicyclic) bond motifs is 1. The van der Waals surface area contributed by atoms with E-state index in [9.17, 15) is 22.4 Å². The average molecular weight is 498 g/mol. The van der Waals surface area contributed by atoms with Gasteiger partial charge in [-0.25, -0.2) is 0 Å². The van der Waals surface area contributed by atoms with E-state index in [2.05, 4.69) is 5.92 Å². The minimum absolute atomic E-state index is 0.0601. The fourth-order valence-electron chi connectivity index (χ4n) is 4.30. The van der Waals surface area contributed by atoms with Crippen molar-refractivity contribution >= 4 is 5.97 Å². The number of carbonyl (C=O) groups excluding carboxylic acids is 1. The summed E-state index contributed by atoms with van der Waals surface area (Å²) in [4.78, 5) is 13.2. The number of rotatable bonds is 6. The predicted molar refractivity (Wildman–Crippen MR) is 119 cm³/mol. The van der Waals surface area contributed by atoms with Crippen LogP contribution in [0.15, 0.2) is 72.8 Å². The van der Waals surface area contributed by atoms with Crippen molar-refractivity contribution in [1.29, 1.82) is 0 Å². The Morgan fingerprint density at radius 3 is 2.33 bits per heavy atom. The van der Waals surface area contributed by atoms with Crippen LogP contribution in [-0.2, 0) is 14.9 Å². The van der Waals surface area contributed by atoms with Gasteiger partial charge in [-0.05, 0) is 42.0 Å². The average Bonchev–Trinajstić information content (AvgIpc) is 3.34. The van der Waals surface area contributed by atoms with E-state index < -0.39 is 35.8 Å². The molecule has 3 aromatic carbocycles. The van der Waals surface area contributed by atoms with Gasteiger partial charge in [0.2, 0.25) is 6.79 Å². The van der Waals surface area contributed by atoms with Gasteiger partial charge in [-0.2, -0.15) is 17.6 Å². The van der Waals surface area contributed by atoms with E-state index in [0.717, 1.165) is 12.1 Å². The zero-order valence-electron chi connectivity index (χ0n) is 18.6. The van der Waals surface area contributed by atoms with Gasteiger partial charge in [-0.3, -0.25) is 4.79 Å². The largest absolute Gasteiger partial charge is 0.457 e.